The highest BCUT2D eigenvalue weighted by molar-refractivity contribution is 7.89. The normalized spacial score (nSPS) is 15.0. The molecule has 0 N–H and O–H groups in total. The van der Waals surface area contributed by atoms with Crippen molar-refractivity contribution in [2.45, 2.75) is 11.4 Å². The predicted octanol–water partition coefficient (Wildman–Crippen LogP) is 3.04. The van der Waals surface area contributed by atoms with E-state index in [9.17, 15) is 13.2 Å². The summed E-state index contributed by atoms with van der Waals surface area (Å²) < 4.78 is 32.8. The molecule has 0 saturated carbocycles. The minimum atomic E-state index is -3.90. The van der Waals surface area contributed by atoms with Gasteiger partial charge in [-0.15, -0.1) is 0 Å². The summed E-state index contributed by atoms with van der Waals surface area (Å²) >= 11 is 11.8. The Labute approximate surface area is 174 Å². The molecule has 1 saturated heterocycles. The number of carbonyl (C=O) groups excluding carboxylic acids is 1. The lowest BCUT2D eigenvalue weighted by molar-refractivity contribution is -0.135. The van der Waals surface area contributed by atoms with Crippen LogP contribution < -0.4 is 0 Å². The first kappa shape index (κ1) is 21.1. The number of ether oxygens (including phenoxy) is 1. The van der Waals surface area contributed by atoms with Crippen molar-refractivity contribution in [1.29, 1.82) is 0 Å². The van der Waals surface area contributed by atoms with E-state index >= 15 is 0 Å². The Kier molecular flexibility index (Phi) is 6.95. The Bertz CT molecular complexity index is 912. The van der Waals surface area contributed by atoms with E-state index < -0.39 is 10.0 Å². The van der Waals surface area contributed by atoms with Crippen LogP contribution in [0.15, 0.2) is 53.4 Å². The minimum absolute atomic E-state index is 0.0538. The number of halogens is 2. The van der Waals surface area contributed by atoms with Crippen LogP contribution in [0.25, 0.3) is 0 Å². The molecule has 9 heteroatoms. The number of amides is 1. The lowest BCUT2D eigenvalue weighted by Crippen LogP contribution is -2.46. The number of carbonyl (C=O) groups is 1. The molecule has 0 aromatic heterocycles. The third kappa shape index (κ3) is 5.24. The molecule has 2 aromatic carbocycles. The highest BCUT2D eigenvalue weighted by Gasteiger charge is 2.29. The van der Waals surface area contributed by atoms with Crippen LogP contribution in [0.5, 0.6) is 0 Å². The van der Waals surface area contributed by atoms with Gasteiger partial charge >= 0.3 is 0 Å². The standard InChI is InChI=1S/C19H20Cl2N2O4S/c20-16-3-1-15(2-4-16)13-23(14-19(24)22-9-11-27-12-10-22)28(25,26)18-7-5-17(21)6-8-18/h1-8H,9-14H2. The highest BCUT2D eigenvalue weighted by Crippen LogP contribution is 2.21. The summed E-state index contributed by atoms with van der Waals surface area (Å²) in [6.07, 6.45) is 0. The van der Waals surface area contributed by atoms with Gasteiger partial charge in [-0.05, 0) is 42.0 Å². The summed E-state index contributed by atoms with van der Waals surface area (Å²) in [6, 6.07) is 12.8. The van der Waals surface area contributed by atoms with Crippen molar-refractivity contribution in [2.75, 3.05) is 32.8 Å². The molecule has 0 bridgehead atoms. The zero-order valence-corrected chi connectivity index (χ0v) is 17.4. The summed E-state index contributed by atoms with van der Waals surface area (Å²) in [7, 11) is -3.90. The zero-order chi connectivity index (χ0) is 20.1. The van der Waals surface area contributed by atoms with Gasteiger partial charge in [0, 0.05) is 29.7 Å². The fourth-order valence-electron chi connectivity index (χ4n) is 2.84. The van der Waals surface area contributed by atoms with Crippen LogP contribution in [0.2, 0.25) is 10.0 Å². The number of hydrogen-bond donors (Lipinski definition) is 0. The Morgan fingerprint density at radius 2 is 1.50 bits per heavy atom. The molecule has 150 valence electrons. The van der Waals surface area contributed by atoms with Gasteiger partial charge in [0.15, 0.2) is 0 Å². The summed E-state index contributed by atoms with van der Waals surface area (Å²) in [5.74, 6) is -0.255. The van der Waals surface area contributed by atoms with Gasteiger partial charge in [0.1, 0.15) is 0 Å². The Hall–Kier alpha value is -1.64. The second-order valence-electron chi connectivity index (χ2n) is 6.35. The maximum absolute atomic E-state index is 13.2. The fourth-order valence-corrected chi connectivity index (χ4v) is 4.47. The molecule has 1 aliphatic rings. The first-order valence-electron chi connectivity index (χ1n) is 8.72. The number of morpholine rings is 1. The van der Waals surface area contributed by atoms with Crippen molar-refractivity contribution in [3.8, 4) is 0 Å². The number of rotatable bonds is 6. The van der Waals surface area contributed by atoms with Gasteiger partial charge < -0.3 is 9.64 Å². The minimum Gasteiger partial charge on any atom is -0.378 e. The van der Waals surface area contributed by atoms with Crippen molar-refractivity contribution >= 4 is 39.1 Å². The second-order valence-corrected chi connectivity index (χ2v) is 9.16. The number of hydrogen-bond acceptors (Lipinski definition) is 4. The molecule has 0 aliphatic carbocycles. The Morgan fingerprint density at radius 3 is 2.07 bits per heavy atom. The first-order valence-corrected chi connectivity index (χ1v) is 10.9. The van der Waals surface area contributed by atoms with E-state index in [-0.39, 0.29) is 23.9 Å². The fraction of sp³-hybridized carbons (Fsp3) is 0.316. The number of sulfonamides is 1. The summed E-state index contributed by atoms with van der Waals surface area (Å²) in [5.41, 5.74) is 0.733. The third-order valence-electron chi connectivity index (χ3n) is 4.40. The Morgan fingerprint density at radius 1 is 0.964 bits per heavy atom. The second kappa shape index (κ2) is 9.24. The van der Waals surface area contributed by atoms with Crippen LogP contribution in [0.1, 0.15) is 5.56 Å². The summed E-state index contributed by atoms with van der Waals surface area (Å²) in [6.45, 7) is 1.61. The van der Waals surface area contributed by atoms with Gasteiger partial charge in [0.2, 0.25) is 15.9 Å². The monoisotopic (exact) mass is 442 g/mol. The molecule has 0 radical (unpaired) electrons. The topological polar surface area (TPSA) is 66.9 Å². The molecular weight excluding hydrogens is 423 g/mol. The van der Waals surface area contributed by atoms with Crippen molar-refractivity contribution in [1.82, 2.24) is 9.21 Å². The van der Waals surface area contributed by atoms with E-state index in [2.05, 4.69) is 0 Å². The van der Waals surface area contributed by atoms with E-state index in [0.29, 0.717) is 36.3 Å². The lowest BCUT2D eigenvalue weighted by atomic mass is 10.2. The Balaban J connectivity index is 1.87. The van der Waals surface area contributed by atoms with Crippen molar-refractivity contribution in [3.05, 3.63) is 64.1 Å². The molecule has 0 atom stereocenters. The van der Waals surface area contributed by atoms with Crippen LogP contribution in [0.3, 0.4) is 0 Å². The van der Waals surface area contributed by atoms with Gasteiger partial charge in [-0.3, -0.25) is 4.79 Å². The lowest BCUT2D eigenvalue weighted by Gasteiger charge is -2.29. The molecular formula is C19H20Cl2N2O4S. The summed E-state index contributed by atoms with van der Waals surface area (Å²) in [5, 5.41) is 0.993. The van der Waals surface area contributed by atoms with E-state index in [1.54, 1.807) is 29.2 Å². The van der Waals surface area contributed by atoms with Crippen LogP contribution in [-0.4, -0.2) is 56.4 Å². The SMILES string of the molecule is O=C(CN(Cc1ccc(Cl)cc1)S(=O)(=O)c1ccc(Cl)cc1)N1CCOCC1. The maximum Gasteiger partial charge on any atom is 0.243 e. The van der Waals surface area contributed by atoms with Gasteiger partial charge in [-0.25, -0.2) is 8.42 Å². The third-order valence-corrected chi connectivity index (χ3v) is 6.71. The first-order chi connectivity index (χ1) is 13.4. The van der Waals surface area contributed by atoms with Gasteiger partial charge in [-0.2, -0.15) is 4.31 Å². The van der Waals surface area contributed by atoms with Gasteiger partial charge in [0.25, 0.3) is 0 Å². The maximum atomic E-state index is 13.2. The molecule has 3 rings (SSSR count). The van der Waals surface area contributed by atoms with E-state index in [1.807, 2.05) is 0 Å². The smallest absolute Gasteiger partial charge is 0.243 e. The van der Waals surface area contributed by atoms with Crippen molar-refractivity contribution in [3.63, 3.8) is 0 Å². The van der Waals surface area contributed by atoms with Crippen LogP contribution in [0, 0.1) is 0 Å². The largest absolute Gasteiger partial charge is 0.378 e. The molecule has 28 heavy (non-hydrogen) atoms. The van der Waals surface area contributed by atoms with Gasteiger partial charge in [0.05, 0.1) is 24.7 Å². The number of nitrogens with zero attached hydrogens (tertiary/aromatic N) is 2. The van der Waals surface area contributed by atoms with Crippen molar-refractivity contribution in [2.24, 2.45) is 0 Å². The predicted molar refractivity (Wildman–Crippen MR) is 108 cm³/mol. The molecule has 1 aliphatic heterocycles. The average molecular weight is 443 g/mol. The van der Waals surface area contributed by atoms with Crippen LogP contribution in [0.4, 0.5) is 0 Å². The molecule has 1 amide bonds. The molecule has 0 spiro atoms. The molecule has 6 nitrogen and oxygen atoms in total. The quantitative estimate of drug-likeness (QED) is 0.689. The van der Waals surface area contributed by atoms with E-state index in [1.165, 1.54) is 28.6 Å². The zero-order valence-electron chi connectivity index (χ0n) is 15.1. The van der Waals surface area contributed by atoms with Crippen LogP contribution in [-0.2, 0) is 26.1 Å². The summed E-state index contributed by atoms with van der Waals surface area (Å²) in [4.78, 5) is 14.4. The number of benzene rings is 2. The van der Waals surface area contributed by atoms with Gasteiger partial charge in [-0.1, -0.05) is 35.3 Å². The van der Waals surface area contributed by atoms with Crippen molar-refractivity contribution < 1.29 is 17.9 Å². The average Bonchev–Trinajstić information content (AvgIpc) is 2.70. The highest BCUT2D eigenvalue weighted by atomic mass is 35.5. The molecule has 2 aromatic rings. The molecule has 0 unspecified atom stereocenters. The molecule has 1 fully saturated rings. The van der Waals surface area contributed by atoms with E-state index in [4.69, 9.17) is 27.9 Å². The van der Waals surface area contributed by atoms with E-state index in [0.717, 1.165) is 5.56 Å². The van der Waals surface area contributed by atoms with Crippen LogP contribution >= 0.6 is 23.2 Å². The molecule has 1 heterocycles.